The number of aryl methyl sites for hydroxylation is 1. The van der Waals surface area contributed by atoms with Crippen molar-refractivity contribution in [2.24, 2.45) is 0 Å². The number of aliphatic hydroxyl groups excluding tert-OH is 1. The van der Waals surface area contributed by atoms with Gasteiger partial charge in [-0.05, 0) is 41.8 Å². The minimum atomic E-state index is -0.502. The van der Waals surface area contributed by atoms with Crippen molar-refractivity contribution in [1.29, 1.82) is 0 Å². The summed E-state index contributed by atoms with van der Waals surface area (Å²) in [5.41, 5.74) is 2.68. The first-order valence-corrected chi connectivity index (χ1v) is 11.6. The second kappa shape index (κ2) is 10.7. The van der Waals surface area contributed by atoms with Crippen LogP contribution in [0.25, 0.3) is 0 Å². The van der Waals surface area contributed by atoms with Crippen LogP contribution in [0.2, 0.25) is 0 Å². The molecule has 1 aliphatic carbocycles. The van der Waals surface area contributed by atoms with Gasteiger partial charge in [-0.1, -0.05) is 30.3 Å². The third-order valence-corrected chi connectivity index (χ3v) is 6.85. The zero-order valence-electron chi connectivity index (χ0n) is 17.0. The van der Waals surface area contributed by atoms with E-state index in [1.165, 1.54) is 16.0 Å². The second-order valence-corrected chi connectivity index (χ2v) is 8.88. The third kappa shape index (κ3) is 5.66. The number of nitrogens with zero attached hydrogens (tertiary/aromatic N) is 1. The zero-order chi connectivity index (χ0) is 19.9. The highest BCUT2D eigenvalue weighted by Crippen LogP contribution is 2.32. The number of benzene rings is 1. The van der Waals surface area contributed by atoms with Crippen molar-refractivity contribution in [2.75, 3.05) is 46.0 Å². The van der Waals surface area contributed by atoms with E-state index in [9.17, 15) is 5.11 Å². The SMILES string of the molecule is O[C@H](CNC[C@H](c1cccs1)N1CCOCC1)CO[C@H]1CCCc2ccccc21. The number of rotatable bonds is 9. The molecule has 4 rings (SSSR count). The van der Waals surface area contributed by atoms with E-state index in [2.05, 4.69) is 52.0 Å². The van der Waals surface area contributed by atoms with Crippen molar-refractivity contribution >= 4 is 11.3 Å². The summed E-state index contributed by atoms with van der Waals surface area (Å²) in [7, 11) is 0. The molecule has 0 spiro atoms. The molecule has 2 aliphatic rings. The maximum atomic E-state index is 10.5. The molecule has 5 nitrogen and oxygen atoms in total. The predicted octanol–water partition coefficient (Wildman–Crippen LogP) is 3.17. The highest BCUT2D eigenvalue weighted by molar-refractivity contribution is 7.10. The lowest BCUT2D eigenvalue weighted by Crippen LogP contribution is -2.44. The molecule has 0 amide bonds. The van der Waals surface area contributed by atoms with E-state index in [1.54, 1.807) is 11.3 Å². The van der Waals surface area contributed by atoms with E-state index in [4.69, 9.17) is 9.47 Å². The molecular formula is C23H32N2O3S. The molecule has 1 aliphatic heterocycles. The number of nitrogens with one attached hydrogen (secondary N) is 1. The fraction of sp³-hybridized carbons (Fsp3) is 0.565. The first-order valence-electron chi connectivity index (χ1n) is 10.7. The van der Waals surface area contributed by atoms with E-state index >= 15 is 0 Å². The van der Waals surface area contributed by atoms with Gasteiger partial charge in [0.1, 0.15) is 0 Å². The van der Waals surface area contributed by atoms with Gasteiger partial charge < -0.3 is 19.9 Å². The van der Waals surface area contributed by atoms with Crippen molar-refractivity contribution in [3.05, 3.63) is 57.8 Å². The lowest BCUT2D eigenvalue weighted by Gasteiger charge is -2.34. The van der Waals surface area contributed by atoms with Crippen molar-refractivity contribution < 1.29 is 14.6 Å². The van der Waals surface area contributed by atoms with Gasteiger partial charge in [0.25, 0.3) is 0 Å². The van der Waals surface area contributed by atoms with Crippen LogP contribution in [0.5, 0.6) is 0 Å². The quantitative estimate of drug-likeness (QED) is 0.658. The molecule has 2 N–H and O–H groups in total. The Morgan fingerprint density at radius 1 is 1.17 bits per heavy atom. The van der Waals surface area contributed by atoms with Crippen LogP contribution in [-0.2, 0) is 15.9 Å². The van der Waals surface area contributed by atoms with Gasteiger partial charge in [-0.15, -0.1) is 11.3 Å². The van der Waals surface area contributed by atoms with Crippen LogP contribution in [0.4, 0.5) is 0 Å². The van der Waals surface area contributed by atoms with Gasteiger partial charge in [-0.25, -0.2) is 0 Å². The van der Waals surface area contributed by atoms with E-state index < -0.39 is 6.10 Å². The van der Waals surface area contributed by atoms with Crippen LogP contribution in [0.15, 0.2) is 41.8 Å². The summed E-state index contributed by atoms with van der Waals surface area (Å²) >= 11 is 1.80. The number of ether oxygens (including phenoxy) is 2. The van der Waals surface area contributed by atoms with E-state index in [0.29, 0.717) is 19.2 Å². The standard InChI is InChI=1S/C23H32N2O3S/c26-19(17-28-22-8-3-6-18-5-1-2-7-20(18)22)15-24-16-21(23-9-4-14-29-23)25-10-12-27-13-11-25/h1-2,4-5,7,9,14,19,21-22,24,26H,3,6,8,10-13,15-17H2/t19-,21-,22+/m1/s1. The summed E-state index contributed by atoms with van der Waals surface area (Å²) in [6.45, 7) is 5.23. The summed E-state index contributed by atoms with van der Waals surface area (Å²) < 4.78 is 11.6. The van der Waals surface area contributed by atoms with Gasteiger partial charge in [-0.3, -0.25) is 4.90 Å². The molecule has 1 fully saturated rings. The van der Waals surface area contributed by atoms with Crippen molar-refractivity contribution in [2.45, 2.75) is 37.5 Å². The Labute approximate surface area is 177 Å². The molecule has 6 heteroatoms. The third-order valence-electron chi connectivity index (χ3n) is 5.88. The molecule has 2 aromatic rings. The largest absolute Gasteiger partial charge is 0.389 e. The second-order valence-electron chi connectivity index (χ2n) is 7.90. The maximum Gasteiger partial charge on any atom is 0.0897 e. The number of aliphatic hydroxyl groups is 1. The molecule has 0 bridgehead atoms. The summed E-state index contributed by atoms with van der Waals surface area (Å²) in [5.74, 6) is 0. The van der Waals surface area contributed by atoms with Crippen molar-refractivity contribution in [3.8, 4) is 0 Å². The molecule has 1 saturated heterocycles. The summed E-state index contributed by atoms with van der Waals surface area (Å²) in [6.07, 6.45) is 2.93. The van der Waals surface area contributed by atoms with E-state index in [1.807, 2.05) is 0 Å². The summed E-state index contributed by atoms with van der Waals surface area (Å²) in [6, 6.07) is 13.2. The van der Waals surface area contributed by atoms with Crippen LogP contribution in [0.1, 0.15) is 41.0 Å². The van der Waals surface area contributed by atoms with Crippen molar-refractivity contribution in [1.82, 2.24) is 10.2 Å². The molecular weight excluding hydrogens is 384 g/mol. The van der Waals surface area contributed by atoms with Crippen LogP contribution < -0.4 is 5.32 Å². The first kappa shape index (κ1) is 21.0. The molecule has 158 valence electrons. The van der Waals surface area contributed by atoms with E-state index in [0.717, 1.165) is 52.1 Å². The zero-order valence-corrected chi connectivity index (χ0v) is 17.8. The highest BCUT2D eigenvalue weighted by atomic mass is 32.1. The molecule has 29 heavy (non-hydrogen) atoms. The average Bonchev–Trinajstić information content (AvgIpc) is 3.30. The van der Waals surface area contributed by atoms with Crippen LogP contribution in [-0.4, -0.2) is 62.1 Å². The molecule has 2 heterocycles. The monoisotopic (exact) mass is 416 g/mol. The Kier molecular flexibility index (Phi) is 7.71. The normalized spacial score (nSPS) is 22.2. The van der Waals surface area contributed by atoms with Gasteiger partial charge in [0.2, 0.25) is 0 Å². The van der Waals surface area contributed by atoms with Gasteiger partial charge in [0.05, 0.1) is 38.1 Å². The average molecular weight is 417 g/mol. The topological polar surface area (TPSA) is 54.0 Å². The lowest BCUT2D eigenvalue weighted by atomic mass is 9.89. The van der Waals surface area contributed by atoms with Gasteiger partial charge in [0.15, 0.2) is 0 Å². The van der Waals surface area contributed by atoms with Crippen LogP contribution in [0.3, 0.4) is 0 Å². The summed E-state index contributed by atoms with van der Waals surface area (Å²) in [4.78, 5) is 3.84. The fourth-order valence-electron chi connectivity index (χ4n) is 4.33. The molecule has 0 saturated carbocycles. The Hall–Kier alpha value is -1.28. The molecule has 1 aromatic carbocycles. The smallest absolute Gasteiger partial charge is 0.0897 e. The van der Waals surface area contributed by atoms with Crippen LogP contribution in [0, 0.1) is 0 Å². The number of hydrogen-bond acceptors (Lipinski definition) is 6. The summed E-state index contributed by atoms with van der Waals surface area (Å²) in [5, 5.41) is 16.1. The number of hydrogen-bond donors (Lipinski definition) is 2. The highest BCUT2D eigenvalue weighted by Gasteiger charge is 2.24. The fourth-order valence-corrected chi connectivity index (χ4v) is 5.20. The van der Waals surface area contributed by atoms with Crippen molar-refractivity contribution in [3.63, 3.8) is 0 Å². The van der Waals surface area contributed by atoms with E-state index in [-0.39, 0.29) is 6.10 Å². The minimum absolute atomic E-state index is 0.113. The number of fused-ring (bicyclic) bond motifs is 1. The van der Waals surface area contributed by atoms with Gasteiger partial charge in [-0.2, -0.15) is 0 Å². The Bertz CT molecular complexity index is 733. The van der Waals surface area contributed by atoms with Crippen LogP contribution >= 0.6 is 11.3 Å². The Morgan fingerprint density at radius 2 is 2.03 bits per heavy atom. The Morgan fingerprint density at radius 3 is 2.86 bits per heavy atom. The molecule has 0 unspecified atom stereocenters. The minimum Gasteiger partial charge on any atom is -0.389 e. The Balaban J connectivity index is 1.24. The number of thiophene rings is 1. The number of morpholine rings is 1. The lowest BCUT2D eigenvalue weighted by molar-refractivity contribution is -0.0180. The van der Waals surface area contributed by atoms with Gasteiger partial charge >= 0.3 is 0 Å². The molecule has 0 radical (unpaired) electrons. The first-order chi connectivity index (χ1) is 14.3. The molecule has 3 atom stereocenters. The van der Waals surface area contributed by atoms with Gasteiger partial charge in [0, 0.05) is 31.1 Å². The molecule has 1 aromatic heterocycles. The predicted molar refractivity (Wildman–Crippen MR) is 116 cm³/mol. The maximum absolute atomic E-state index is 10.5.